The zero-order valence-corrected chi connectivity index (χ0v) is 20.3. The number of fused-ring (bicyclic) bond motifs is 1. The van der Waals surface area contributed by atoms with Gasteiger partial charge < -0.3 is 24.3 Å². The molecule has 0 unspecified atom stereocenters. The second kappa shape index (κ2) is 10.4. The summed E-state index contributed by atoms with van der Waals surface area (Å²) in [6.07, 6.45) is 1.52. The molecule has 0 saturated carbocycles. The first kappa shape index (κ1) is 23.9. The van der Waals surface area contributed by atoms with Gasteiger partial charge in [-0.15, -0.1) is 0 Å². The van der Waals surface area contributed by atoms with Gasteiger partial charge in [0.15, 0.2) is 0 Å². The van der Waals surface area contributed by atoms with Gasteiger partial charge >= 0.3 is 0 Å². The van der Waals surface area contributed by atoms with Gasteiger partial charge in [-0.3, -0.25) is 4.79 Å². The summed E-state index contributed by atoms with van der Waals surface area (Å²) in [5.74, 6) is 0.894. The molecule has 0 atom stereocenters. The van der Waals surface area contributed by atoms with Crippen molar-refractivity contribution >= 4 is 28.5 Å². The van der Waals surface area contributed by atoms with E-state index in [1.807, 2.05) is 31.2 Å². The standard InChI is InChI=1S/C27H28FN5O3/c1-3-35-16-22(34)31-21-10-6-19(7-11-21)25-23(18-4-8-20(28)9-5-18)24-26(29-17-30-27(24)36-25)33-14-12-32(2)13-15-33/h4-11,17H,3,12-16H2,1-2H3,(H,31,34). The Morgan fingerprint density at radius 2 is 1.72 bits per heavy atom. The third-order valence-corrected chi connectivity index (χ3v) is 6.27. The van der Waals surface area contributed by atoms with Gasteiger partial charge in [0.25, 0.3) is 0 Å². The van der Waals surface area contributed by atoms with Crippen LogP contribution in [0.25, 0.3) is 33.6 Å². The van der Waals surface area contributed by atoms with Crippen molar-refractivity contribution in [1.29, 1.82) is 0 Å². The van der Waals surface area contributed by atoms with Gasteiger partial charge in [0.05, 0.1) is 5.39 Å². The second-order valence-electron chi connectivity index (χ2n) is 8.74. The fourth-order valence-electron chi connectivity index (χ4n) is 4.37. The lowest BCUT2D eigenvalue weighted by Gasteiger charge is -2.33. The number of carbonyl (C=O) groups excluding carboxylic acids is 1. The topological polar surface area (TPSA) is 83.7 Å². The molecule has 2 aromatic heterocycles. The average Bonchev–Trinajstić information content (AvgIpc) is 3.29. The Hall–Kier alpha value is -3.82. The number of piperazine rings is 1. The minimum atomic E-state index is -0.309. The molecule has 0 radical (unpaired) electrons. The van der Waals surface area contributed by atoms with Crippen LogP contribution in [0.4, 0.5) is 15.9 Å². The molecular formula is C27H28FN5O3. The van der Waals surface area contributed by atoms with E-state index in [1.165, 1.54) is 18.5 Å². The lowest BCUT2D eigenvalue weighted by Crippen LogP contribution is -2.44. The first-order chi connectivity index (χ1) is 17.5. The number of hydrogen-bond acceptors (Lipinski definition) is 7. The molecule has 9 heteroatoms. The van der Waals surface area contributed by atoms with E-state index < -0.39 is 0 Å². The van der Waals surface area contributed by atoms with Crippen molar-refractivity contribution in [3.63, 3.8) is 0 Å². The Bertz CT molecular complexity index is 1350. The number of carbonyl (C=O) groups is 1. The molecule has 1 aliphatic rings. The summed E-state index contributed by atoms with van der Waals surface area (Å²) in [7, 11) is 2.11. The first-order valence-corrected chi connectivity index (χ1v) is 12.0. The number of nitrogens with zero attached hydrogens (tertiary/aromatic N) is 4. The summed E-state index contributed by atoms with van der Waals surface area (Å²) >= 11 is 0. The maximum absolute atomic E-state index is 13.8. The summed E-state index contributed by atoms with van der Waals surface area (Å²) in [6.45, 7) is 5.85. The summed E-state index contributed by atoms with van der Waals surface area (Å²) in [5.41, 5.74) is 3.56. The zero-order chi connectivity index (χ0) is 25.1. The smallest absolute Gasteiger partial charge is 0.250 e. The van der Waals surface area contributed by atoms with Crippen molar-refractivity contribution < 1.29 is 18.3 Å². The van der Waals surface area contributed by atoms with E-state index in [0.717, 1.165) is 54.1 Å². The number of likely N-dealkylation sites (N-methyl/N-ethyl adjacent to an activating group) is 1. The van der Waals surface area contributed by atoms with Crippen molar-refractivity contribution in [2.45, 2.75) is 6.92 Å². The number of rotatable bonds is 7. The highest BCUT2D eigenvalue weighted by Crippen LogP contribution is 2.43. The molecule has 1 amide bonds. The maximum Gasteiger partial charge on any atom is 0.250 e. The zero-order valence-electron chi connectivity index (χ0n) is 20.3. The molecule has 0 spiro atoms. The Balaban J connectivity index is 1.58. The largest absolute Gasteiger partial charge is 0.437 e. The monoisotopic (exact) mass is 489 g/mol. The van der Waals surface area contributed by atoms with Gasteiger partial charge in [-0.2, -0.15) is 0 Å². The molecule has 1 N–H and O–H groups in total. The molecule has 186 valence electrons. The molecule has 0 bridgehead atoms. The third-order valence-electron chi connectivity index (χ3n) is 6.27. The fourth-order valence-corrected chi connectivity index (χ4v) is 4.37. The molecule has 1 fully saturated rings. The minimum absolute atomic E-state index is 0.00424. The minimum Gasteiger partial charge on any atom is -0.437 e. The number of benzene rings is 2. The molecule has 1 saturated heterocycles. The number of ether oxygens (including phenoxy) is 1. The number of aromatic nitrogens is 2. The average molecular weight is 490 g/mol. The molecule has 1 aliphatic heterocycles. The number of nitrogens with one attached hydrogen (secondary N) is 1. The van der Waals surface area contributed by atoms with Crippen LogP contribution in [0.2, 0.25) is 0 Å². The highest BCUT2D eigenvalue weighted by Gasteiger charge is 2.26. The Morgan fingerprint density at radius 1 is 1.03 bits per heavy atom. The predicted octanol–water partition coefficient (Wildman–Crippen LogP) is 4.42. The van der Waals surface area contributed by atoms with Crippen LogP contribution < -0.4 is 10.2 Å². The quantitative estimate of drug-likeness (QED) is 0.411. The number of hydrogen-bond donors (Lipinski definition) is 1. The predicted molar refractivity (Wildman–Crippen MR) is 137 cm³/mol. The van der Waals surface area contributed by atoms with Gasteiger partial charge in [0, 0.05) is 49.6 Å². The lowest BCUT2D eigenvalue weighted by atomic mass is 9.99. The molecule has 3 heterocycles. The summed E-state index contributed by atoms with van der Waals surface area (Å²) in [5, 5.41) is 3.62. The van der Waals surface area contributed by atoms with Gasteiger partial charge in [-0.05, 0) is 55.9 Å². The molecular weight excluding hydrogens is 461 g/mol. The van der Waals surface area contributed by atoms with Crippen LogP contribution in [0, 0.1) is 5.82 Å². The SMILES string of the molecule is CCOCC(=O)Nc1ccc(-c2oc3ncnc(N4CCN(C)CC4)c3c2-c2ccc(F)cc2)cc1. The van der Waals surface area contributed by atoms with E-state index in [9.17, 15) is 9.18 Å². The van der Waals surface area contributed by atoms with Gasteiger partial charge in [0.2, 0.25) is 11.6 Å². The highest BCUT2D eigenvalue weighted by atomic mass is 19.1. The Kier molecular flexibility index (Phi) is 6.92. The van der Waals surface area contributed by atoms with E-state index in [-0.39, 0.29) is 18.3 Å². The number of amides is 1. The molecule has 2 aromatic carbocycles. The first-order valence-electron chi connectivity index (χ1n) is 12.0. The highest BCUT2D eigenvalue weighted by molar-refractivity contribution is 6.06. The van der Waals surface area contributed by atoms with Gasteiger partial charge in [-0.1, -0.05) is 12.1 Å². The number of halogens is 1. The van der Waals surface area contributed by atoms with E-state index in [4.69, 9.17) is 9.15 Å². The lowest BCUT2D eigenvalue weighted by molar-refractivity contribution is -0.120. The van der Waals surface area contributed by atoms with Crippen molar-refractivity contribution in [1.82, 2.24) is 14.9 Å². The van der Waals surface area contributed by atoms with E-state index in [1.54, 1.807) is 12.1 Å². The van der Waals surface area contributed by atoms with Crippen molar-refractivity contribution in [2.24, 2.45) is 0 Å². The van der Waals surface area contributed by atoms with Crippen LogP contribution in [0.1, 0.15) is 6.92 Å². The summed E-state index contributed by atoms with van der Waals surface area (Å²) < 4.78 is 25.3. The van der Waals surface area contributed by atoms with Crippen molar-refractivity contribution in [2.75, 3.05) is 56.7 Å². The van der Waals surface area contributed by atoms with Gasteiger partial charge in [-0.25, -0.2) is 14.4 Å². The third kappa shape index (κ3) is 4.93. The normalized spacial score (nSPS) is 14.4. The van der Waals surface area contributed by atoms with E-state index in [0.29, 0.717) is 23.8 Å². The number of anilines is 2. The number of furan rings is 1. The maximum atomic E-state index is 13.8. The van der Waals surface area contributed by atoms with Gasteiger partial charge in [0.1, 0.15) is 30.3 Å². The molecule has 5 rings (SSSR count). The summed E-state index contributed by atoms with van der Waals surface area (Å²) in [6, 6.07) is 13.7. The fraction of sp³-hybridized carbons (Fsp3) is 0.296. The Labute approximate surface area is 208 Å². The second-order valence-corrected chi connectivity index (χ2v) is 8.74. The summed E-state index contributed by atoms with van der Waals surface area (Å²) in [4.78, 5) is 25.6. The van der Waals surface area contributed by atoms with Crippen LogP contribution >= 0.6 is 0 Å². The van der Waals surface area contributed by atoms with Crippen LogP contribution in [-0.4, -0.2) is 67.2 Å². The Morgan fingerprint density at radius 3 is 2.42 bits per heavy atom. The molecule has 0 aliphatic carbocycles. The van der Waals surface area contributed by atoms with Crippen LogP contribution in [0.3, 0.4) is 0 Å². The van der Waals surface area contributed by atoms with Crippen molar-refractivity contribution in [3.8, 4) is 22.5 Å². The van der Waals surface area contributed by atoms with Crippen LogP contribution in [-0.2, 0) is 9.53 Å². The van der Waals surface area contributed by atoms with E-state index in [2.05, 4.69) is 32.1 Å². The van der Waals surface area contributed by atoms with Crippen molar-refractivity contribution in [3.05, 3.63) is 60.7 Å². The van der Waals surface area contributed by atoms with E-state index >= 15 is 0 Å². The molecule has 4 aromatic rings. The molecule has 36 heavy (non-hydrogen) atoms. The molecule has 8 nitrogen and oxygen atoms in total. The van der Waals surface area contributed by atoms with Crippen LogP contribution in [0.15, 0.2) is 59.3 Å². The van der Waals surface area contributed by atoms with Crippen LogP contribution in [0.5, 0.6) is 0 Å².